The summed E-state index contributed by atoms with van der Waals surface area (Å²) in [6.07, 6.45) is -0.323. The van der Waals surface area contributed by atoms with Crippen molar-refractivity contribution in [1.29, 1.82) is 0 Å². The van der Waals surface area contributed by atoms with Gasteiger partial charge in [0.25, 0.3) is 5.56 Å². The highest BCUT2D eigenvalue weighted by Crippen LogP contribution is 2.42. The zero-order valence-corrected chi connectivity index (χ0v) is 20.1. The number of benzene rings is 3. The molecule has 0 amide bonds. The average Bonchev–Trinajstić information content (AvgIpc) is 2.90. The van der Waals surface area contributed by atoms with Gasteiger partial charge in [-0.3, -0.25) is 14.4 Å². The molecule has 5 rings (SSSR count). The number of aryl methyl sites for hydroxylation is 1. The zero-order valence-electron chi connectivity index (χ0n) is 20.1. The van der Waals surface area contributed by atoms with Crippen LogP contribution in [0.15, 0.2) is 86.8 Å². The predicted octanol–water partition coefficient (Wildman–Crippen LogP) is 4.42. The normalized spacial score (nSPS) is 12.1. The molecule has 2 heterocycles. The molecule has 0 bridgehead atoms. The molecule has 0 spiro atoms. The number of aromatic nitrogens is 1. The number of rotatable bonds is 5. The van der Waals surface area contributed by atoms with E-state index in [1.807, 2.05) is 24.3 Å². The first-order valence-corrected chi connectivity index (χ1v) is 11.5. The maximum absolute atomic E-state index is 13.5. The van der Waals surface area contributed by atoms with Gasteiger partial charge >= 0.3 is 5.97 Å². The minimum atomic E-state index is -1.05. The fraction of sp³-hybridized carbons (Fsp3) is 0.138. The molecule has 0 aliphatic heterocycles. The van der Waals surface area contributed by atoms with Crippen molar-refractivity contribution in [2.75, 3.05) is 7.11 Å². The second-order valence-corrected chi connectivity index (χ2v) is 8.73. The lowest BCUT2D eigenvalue weighted by Gasteiger charge is -2.21. The summed E-state index contributed by atoms with van der Waals surface area (Å²) >= 11 is 0. The van der Waals surface area contributed by atoms with Gasteiger partial charge < -0.3 is 23.9 Å². The average molecular weight is 498 g/mol. The summed E-state index contributed by atoms with van der Waals surface area (Å²) in [5, 5.41) is 22.2. The number of para-hydroxylation sites is 1. The third-order valence-corrected chi connectivity index (χ3v) is 6.54. The van der Waals surface area contributed by atoms with Crippen molar-refractivity contribution in [3.63, 3.8) is 0 Å². The number of ether oxygens (including phenoxy) is 1. The van der Waals surface area contributed by atoms with Crippen LogP contribution in [0.5, 0.6) is 11.5 Å². The van der Waals surface area contributed by atoms with Crippen molar-refractivity contribution < 1.29 is 24.2 Å². The summed E-state index contributed by atoms with van der Waals surface area (Å²) in [5.41, 5.74) is 0.458. The third-order valence-electron chi connectivity index (χ3n) is 6.54. The number of hydrogen-bond acceptors (Lipinski definition) is 7. The van der Waals surface area contributed by atoms with Crippen LogP contribution in [0.1, 0.15) is 23.5 Å². The lowest BCUT2D eigenvalue weighted by atomic mass is 9.86. The molecular formula is C29H23NO7. The van der Waals surface area contributed by atoms with Crippen LogP contribution in [0.25, 0.3) is 33.2 Å². The first-order valence-electron chi connectivity index (χ1n) is 11.5. The molecule has 0 aliphatic rings. The van der Waals surface area contributed by atoms with Crippen molar-refractivity contribution >= 4 is 27.8 Å². The molecule has 1 unspecified atom stereocenters. The Balaban J connectivity index is 1.87. The molecule has 8 heteroatoms. The van der Waals surface area contributed by atoms with Crippen LogP contribution in [0.4, 0.5) is 0 Å². The van der Waals surface area contributed by atoms with Gasteiger partial charge in [0.1, 0.15) is 28.2 Å². The van der Waals surface area contributed by atoms with Crippen molar-refractivity contribution in [2.45, 2.75) is 12.3 Å². The second-order valence-electron chi connectivity index (χ2n) is 8.73. The molecule has 186 valence electrons. The number of hydrogen-bond donors (Lipinski definition) is 2. The molecule has 3 aromatic carbocycles. The summed E-state index contributed by atoms with van der Waals surface area (Å²) in [6, 6.07) is 20.1. The number of phenolic OH excluding ortho intramolecular Hbond substituents is 2. The molecule has 2 aromatic heterocycles. The minimum absolute atomic E-state index is 0.0282. The molecule has 37 heavy (non-hydrogen) atoms. The molecule has 8 nitrogen and oxygen atoms in total. The second kappa shape index (κ2) is 9.31. The van der Waals surface area contributed by atoms with Gasteiger partial charge in [0, 0.05) is 41.8 Å². The SMILES string of the molecule is COC(=O)CC(c1cc2ccccc2n(C)c1=O)c1c(O)cc(O)c2c(=O)cc(-c3ccccc3)oc12. The van der Waals surface area contributed by atoms with Crippen molar-refractivity contribution in [1.82, 2.24) is 4.57 Å². The first kappa shape index (κ1) is 23.9. The van der Waals surface area contributed by atoms with E-state index in [0.29, 0.717) is 11.1 Å². The molecule has 0 aliphatic carbocycles. The number of pyridine rings is 1. The van der Waals surface area contributed by atoms with Gasteiger partial charge in [-0.05, 0) is 17.5 Å². The smallest absolute Gasteiger partial charge is 0.306 e. The Kier molecular flexibility index (Phi) is 6.01. The van der Waals surface area contributed by atoms with Crippen LogP contribution in [-0.2, 0) is 16.6 Å². The molecule has 0 saturated carbocycles. The highest BCUT2D eigenvalue weighted by Gasteiger charge is 2.30. The Labute approximate surface area is 210 Å². The van der Waals surface area contributed by atoms with Gasteiger partial charge in [-0.1, -0.05) is 48.5 Å². The Morgan fingerprint density at radius 1 is 0.973 bits per heavy atom. The predicted molar refractivity (Wildman–Crippen MR) is 139 cm³/mol. The molecule has 0 saturated heterocycles. The van der Waals surface area contributed by atoms with E-state index in [1.54, 1.807) is 43.4 Å². The number of aromatic hydroxyl groups is 2. The topological polar surface area (TPSA) is 119 Å². The number of methoxy groups -OCH3 is 1. The highest BCUT2D eigenvalue weighted by atomic mass is 16.5. The number of nitrogens with zero attached hydrogens (tertiary/aromatic N) is 1. The molecule has 2 N–H and O–H groups in total. The van der Waals surface area contributed by atoms with Crippen LogP contribution in [0, 0.1) is 0 Å². The van der Waals surface area contributed by atoms with Crippen molar-refractivity contribution in [3.8, 4) is 22.8 Å². The fourth-order valence-corrected chi connectivity index (χ4v) is 4.72. The van der Waals surface area contributed by atoms with E-state index < -0.39 is 34.4 Å². The van der Waals surface area contributed by atoms with Gasteiger partial charge in [0.15, 0.2) is 5.43 Å². The number of carbonyl (C=O) groups is 1. The minimum Gasteiger partial charge on any atom is -0.507 e. The maximum atomic E-state index is 13.5. The van der Waals surface area contributed by atoms with E-state index in [-0.39, 0.29) is 34.3 Å². The number of carbonyl (C=O) groups excluding carboxylic acids is 1. The van der Waals surface area contributed by atoms with Gasteiger partial charge in [0.2, 0.25) is 0 Å². The lowest BCUT2D eigenvalue weighted by Crippen LogP contribution is -2.25. The van der Waals surface area contributed by atoms with E-state index in [2.05, 4.69) is 0 Å². The fourth-order valence-electron chi connectivity index (χ4n) is 4.72. The number of phenols is 2. The monoisotopic (exact) mass is 497 g/mol. The van der Waals surface area contributed by atoms with E-state index in [9.17, 15) is 24.6 Å². The standard InChI is InChI=1S/C29H23NO7/c1-30-20-11-7-6-10-17(20)12-19(29(30)35)18(13-25(34)36-2)26-21(31)14-22(32)27-23(33)15-24(37-28(26)27)16-8-4-3-5-9-16/h3-12,14-15,18,31-32H,13H2,1-2H3. The van der Waals surface area contributed by atoms with E-state index in [4.69, 9.17) is 9.15 Å². The van der Waals surface area contributed by atoms with E-state index in [0.717, 1.165) is 11.5 Å². The van der Waals surface area contributed by atoms with Crippen LogP contribution in [0.3, 0.4) is 0 Å². The van der Waals surface area contributed by atoms with E-state index >= 15 is 0 Å². The van der Waals surface area contributed by atoms with Gasteiger partial charge in [-0.2, -0.15) is 0 Å². The molecule has 5 aromatic rings. The molecule has 1 atom stereocenters. The van der Waals surface area contributed by atoms with Crippen LogP contribution in [-0.4, -0.2) is 27.9 Å². The van der Waals surface area contributed by atoms with Crippen molar-refractivity contribution in [2.24, 2.45) is 7.05 Å². The van der Waals surface area contributed by atoms with Gasteiger partial charge in [0.05, 0.1) is 19.0 Å². The Bertz CT molecular complexity index is 1780. The Hall–Kier alpha value is -4.85. The summed E-state index contributed by atoms with van der Waals surface area (Å²) in [7, 11) is 2.84. The van der Waals surface area contributed by atoms with Gasteiger partial charge in [-0.25, -0.2) is 0 Å². The highest BCUT2D eigenvalue weighted by molar-refractivity contribution is 5.91. The summed E-state index contributed by atoms with van der Waals surface area (Å²) in [6.45, 7) is 0. The van der Waals surface area contributed by atoms with E-state index in [1.165, 1.54) is 17.7 Å². The summed E-state index contributed by atoms with van der Waals surface area (Å²) < 4.78 is 12.5. The van der Waals surface area contributed by atoms with Gasteiger partial charge in [-0.15, -0.1) is 0 Å². The number of fused-ring (bicyclic) bond motifs is 2. The number of esters is 1. The third kappa shape index (κ3) is 4.12. The maximum Gasteiger partial charge on any atom is 0.306 e. The zero-order chi connectivity index (χ0) is 26.3. The van der Waals surface area contributed by atoms with Crippen LogP contribution in [0.2, 0.25) is 0 Å². The Morgan fingerprint density at radius 3 is 2.41 bits per heavy atom. The lowest BCUT2D eigenvalue weighted by molar-refractivity contribution is -0.140. The van der Waals surface area contributed by atoms with Crippen LogP contribution >= 0.6 is 0 Å². The molecule has 0 radical (unpaired) electrons. The van der Waals surface area contributed by atoms with Crippen molar-refractivity contribution in [3.05, 3.63) is 105 Å². The molecule has 0 fully saturated rings. The molecular weight excluding hydrogens is 474 g/mol. The summed E-state index contributed by atoms with van der Waals surface area (Å²) in [4.78, 5) is 39.2. The quantitative estimate of drug-likeness (QED) is 0.345. The Morgan fingerprint density at radius 2 is 1.68 bits per heavy atom. The first-order chi connectivity index (χ1) is 17.8. The summed E-state index contributed by atoms with van der Waals surface area (Å²) in [5.74, 6) is -2.39. The van der Waals surface area contributed by atoms with Crippen LogP contribution < -0.4 is 11.0 Å². The largest absolute Gasteiger partial charge is 0.507 e.